The molecule has 1 unspecified atom stereocenters. The van der Waals surface area contributed by atoms with Crippen molar-refractivity contribution in [3.63, 3.8) is 0 Å². The minimum absolute atomic E-state index is 0.0997. The topological polar surface area (TPSA) is 79.9 Å². The van der Waals surface area contributed by atoms with Gasteiger partial charge in [-0.1, -0.05) is 31.1 Å². The Morgan fingerprint density at radius 2 is 2.19 bits per heavy atom. The van der Waals surface area contributed by atoms with Gasteiger partial charge in [-0.2, -0.15) is 0 Å². The maximum atomic E-state index is 14.3. The van der Waals surface area contributed by atoms with Gasteiger partial charge in [0.25, 0.3) is 0 Å². The molecule has 0 saturated carbocycles. The molecule has 0 saturated heterocycles. The van der Waals surface area contributed by atoms with Gasteiger partial charge in [-0.15, -0.1) is 0 Å². The first-order chi connectivity index (χ1) is 10.0. The molecule has 0 radical (unpaired) electrons. The first kappa shape index (κ1) is 17.4. The summed E-state index contributed by atoms with van der Waals surface area (Å²) in [6.07, 6.45) is 0. The Kier molecular flexibility index (Phi) is 7.11. The summed E-state index contributed by atoms with van der Waals surface area (Å²) in [4.78, 5) is 0. The SMILES string of the molecule is CCOCC(NCc1cccc(/C(N)=N/O)c1F)C(C)C. The van der Waals surface area contributed by atoms with Crippen molar-refractivity contribution >= 4 is 5.84 Å². The maximum absolute atomic E-state index is 14.3. The molecule has 0 aromatic heterocycles. The smallest absolute Gasteiger partial charge is 0.173 e. The van der Waals surface area contributed by atoms with E-state index in [-0.39, 0.29) is 17.4 Å². The lowest BCUT2D eigenvalue weighted by molar-refractivity contribution is 0.107. The van der Waals surface area contributed by atoms with Crippen molar-refractivity contribution in [1.82, 2.24) is 5.32 Å². The van der Waals surface area contributed by atoms with Crippen molar-refractivity contribution in [3.8, 4) is 0 Å². The zero-order valence-electron chi connectivity index (χ0n) is 12.8. The second kappa shape index (κ2) is 8.59. The number of oxime groups is 1. The molecule has 1 atom stereocenters. The van der Waals surface area contributed by atoms with Crippen molar-refractivity contribution in [2.24, 2.45) is 16.8 Å². The van der Waals surface area contributed by atoms with Crippen LogP contribution in [0.1, 0.15) is 31.9 Å². The Morgan fingerprint density at radius 1 is 1.48 bits per heavy atom. The normalized spacial score (nSPS) is 13.7. The number of nitrogens with one attached hydrogen (secondary N) is 1. The third kappa shape index (κ3) is 4.99. The number of rotatable bonds is 8. The fourth-order valence-electron chi connectivity index (χ4n) is 1.94. The molecular weight excluding hydrogens is 273 g/mol. The maximum Gasteiger partial charge on any atom is 0.173 e. The molecule has 1 aromatic rings. The minimum Gasteiger partial charge on any atom is -0.409 e. The van der Waals surface area contributed by atoms with Crippen molar-refractivity contribution < 1.29 is 14.3 Å². The van der Waals surface area contributed by atoms with Crippen LogP contribution in [0.5, 0.6) is 0 Å². The summed E-state index contributed by atoms with van der Waals surface area (Å²) in [6, 6.07) is 4.97. The van der Waals surface area contributed by atoms with E-state index in [1.54, 1.807) is 12.1 Å². The van der Waals surface area contributed by atoms with Gasteiger partial charge in [0.2, 0.25) is 0 Å². The second-order valence-electron chi connectivity index (χ2n) is 5.15. The summed E-state index contributed by atoms with van der Waals surface area (Å²) in [5, 5.41) is 14.8. The zero-order valence-corrected chi connectivity index (χ0v) is 12.8. The van der Waals surface area contributed by atoms with E-state index in [1.165, 1.54) is 6.07 Å². The number of halogens is 1. The van der Waals surface area contributed by atoms with E-state index in [0.29, 0.717) is 31.2 Å². The predicted molar refractivity (Wildman–Crippen MR) is 80.9 cm³/mol. The van der Waals surface area contributed by atoms with Gasteiger partial charge in [-0.3, -0.25) is 0 Å². The highest BCUT2D eigenvalue weighted by Gasteiger charge is 2.15. The minimum atomic E-state index is -0.473. The predicted octanol–water partition coefficient (Wildman–Crippen LogP) is 2.07. The number of hydrogen-bond acceptors (Lipinski definition) is 4. The quantitative estimate of drug-likeness (QED) is 0.297. The molecule has 1 rings (SSSR count). The standard InChI is InChI=1S/C15H24FN3O2/c1-4-21-9-13(10(2)3)18-8-11-6-5-7-12(14(11)16)15(17)19-20/h5-7,10,13,18,20H,4,8-9H2,1-3H3,(H2,17,19). The number of hydrogen-bond donors (Lipinski definition) is 3. The van der Waals surface area contributed by atoms with Gasteiger partial charge in [0, 0.05) is 24.8 Å². The van der Waals surface area contributed by atoms with E-state index in [1.807, 2.05) is 6.92 Å². The molecule has 0 fully saturated rings. The highest BCUT2D eigenvalue weighted by atomic mass is 19.1. The van der Waals surface area contributed by atoms with E-state index < -0.39 is 5.82 Å². The van der Waals surface area contributed by atoms with Crippen LogP contribution in [0, 0.1) is 11.7 Å². The van der Waals surface area contributed by atoms with Gasteiger partial charge in [0.05, 0.1) is 12.2 Å². The Morgan fingerprint density at radius 3 is 2.76 bits per heavy atom. The summed E-state index contributed by atoms with van der Waals surface area (Å²) >= 11 is 0. The molecule has 5 nitrogen and oxygen atoms in total. The largest absolute Gasteiger partial charge is 0.409 e. The van der Waals surface area contributed by atoms with Crippen LogP contribution in [-0.2, 0) is 11.3 Å². The summed E-state index contributed by atoms with van der Waals surface area (Å²) in [5.41, 5.74) is 6.03. The van der Waals surface area contributed by atoms with Crippen LogP contribution < -0.4 is 11.1 Å². The Balaban J connectivity index is 2.78. The van der Waals surface area contributed by atoms with Crippen molar-refractivity contribution in [2.45, 2.75) is 33.4 Å². The first-order valence-electron chi connectivity index (χ1n) is 7.07. The number of nitrogens with two attached hydrogens (primary N) is 1. The molecular formula is C15H24FN3O2. The Bertz CT molecular complexity index is 478. The number of nitrogens with zero attached hydrogens (tertiary/aromatic N) is 1. The fraction of sp³-hybridized carbons (Fsp3) is 0.533. The summed E-state index contributed by atoms with van der Waals surface area (Å²) in [7, 11) is 0. The molecule has 0 heterocycles. The van der Waals surface area contributed by atoms with E-state index in [9.17, 15) is 4.39 Å². The Hall–Kier alpha value is -1.66. The molecule has 4 N–H and O–H groups in total. The molecule has 0 amide bonds. The lowest BCUT2D eigenvalue weighted by Crippen LogP contribution is -2.37. The van der Waals surface area contributed by atoms with Gasteiger partial charge < -0.3 is 21.0 Å². The van der Waals surface area contributed by atoms with E-state index in [2.05, 4.69) is 24.3 Å². The van der Waals surface area contributed by atoms with Crippen LogP contribution in [0.3, 0.4) is 0 Å². The first-order valence-corrected chi connectivity index (χ1v) is 7.07. The summed E-state index contributed by atoms with van der Waals surface area (Å²) in [6.45, 7) is 7.69. The van der Waals surface area contributed by atoms with Gasteiger partial charge in [0.1, 0.15) is 5.82 Å². The van der Waals surface area contributed by atoms with Crippen molar-refractivity contribution in [1.29, 1.82) is 0 Å². The van der Waals surface area contributed by atoms with E-state index in [4.69, 9.17) is 15.7 Å². The van der Waals surface area contributed by atoms with Crippen LogP contribution >= 0.6 is 0 Å². The molecule has 0 aliphatic heterocycles. The Labute approximate surface area is 125 Å². The van der Waals surface area contributed by atoms with E-state index >= 15 is 0 Å². The fourth-order valence-corrected chi connectivity index (χ4v) is 1.94. The zero-order chi connectivity index (χ0) is 15.8. The summed E-state index contributed by atoms with van der Waals surface area (Å²) in [5.74, 6) is -0.338. The van der Waals surface area contributed by atoms with Crippen LogP contribution in [-0.4, -0.2) is 30.3 Å². The molecule has 118 valence electrons. The van der Waals surface area contributed by atoms with E-state index in [0.717, 1.165) is 0 Å². The van der Waals surface area contributed by atoms with Crippen LogP contribution in [0.4, 0.5) is 4.39 Å². The van der Waals surface area contributed by atoms with Gasteiger partial charge in [-0.25, -0.2) is 4.39 Å². The molecule has 0 aliphatic carbocycles. The highest BCUT2D eigenvalue weighted by molar-refractivity contribution is 5.97. The second-order valence-corrected chi connectivity index (χ2v) is 5.15. The molecule has 0 aliphatic rings. The number of ether oxygens (including phenoxy) is 1. The summed E-state index contributed by atoms with van der Waals surface area (Å²) < 4.78 is 19.7. The van der Waals surface area contributed by atoms with Crippen LogP contribution in [0.15, 0.2) is 23.4 Å². The lowest BCUT2D eigenvalue weighted by Gasteiger charge is -2.22. The molecule has 6 heteroatoms. The molecule has 1 aromatic carbocycles. The van der Waals surface area contributed by atoms with Gasteiger partial charge in [0.15, 0.2) is 5.84 Å². The third-order valence-electron chi connectivity index (χ3n) is 3.32. The van der Waals surface area contributed by atoms with Gasteiger partial charge >= 0.3 is 0 Å². The van der Waals surface area contributed by atoms with Crippen molar-refractivity contribution in [3.05, 3.63) is 35.1 Å². The van der Waals surface area contributed by atoms with Crippen molar-refractivity contribution in [2.75, 3.05) is 13.2 Å². The van der Waals surface area contributed by atoms with Crippen LogP contribution in [0.2, 0.25) is 0 Å². The monoisotopic (exact) mass is 297 g/mol. The average Bonchev–Trinajstić information content (AvgIpc) is 2.47. The van der Waals surface area contributed by atoms with Crippen LogP contribution in [0.25, 0.3) is 0 Å². The molecule has 21 heavy (non-hydrogen) atoms. The number of benzene rings is 1. The van der Waals surface area contributed by atoms with Gasteiger partial charge in [-0.05, 0) is 18.9 Å². The lowest BCUT2D eigenvalue weighted by atomic mass is 10.0. The average molecular weight is 297 g/mol. The molecule has 0 bridgehead atoms. The highest BCUT2D eigenvalue weighted by Crippen LogP contribution is 2.14. The molecule has 0 spiro atoms. The third-order valence-corrected chi connectivity index (χ3v) is 3.32. The number of amidine groups is 1.